The van der Waals surface area contributed by atoms with Crippen molar-refractivity contribution in [2.75, 3.05) is 0 Å². The third-order valence-corrected chi connectivity index (χ3v) is 2.32. The van der Waals surface area contributed by atoms with Gasteiger partial charge in [0.05, 0.1) is 4.92 Å². The van der Waals surface area contributed by atoms with Gasteiger partial charge < -0.3 is 10.8 Å². The SMILES string of the molecule is Cc1cc(C(N)C(=O)O)cc(C)c1[N+](=O)[O-]. The number of hydrogen-bond acceptors (Lipinski definition) is 4. The van der Waals surface area contributed by atoms with Crippen molar-refractivity contribution in [1.29, 1.82) is 0 Å². The van der Waals surface area contributed by atoms with Gasteiger partial charge in [0.2, 0.25) is 0 Å². The minimum Gasteiger partial charge on any atom is -0.480 e. The van der Waals surface area contributed by atoms with Gasteiger partial charge in [-0.2, -0.15) is 0 Å². The van der Waals surface area contributed by atoms with Gasteiger partial charge in [-0.25, -0.2) is 0 Å². The molecule has 0 saturated carbocycles. The van der Waals surface area contributed by atoms with Crippen LogP contribution >= 0.6 is 0 Å². The van der Waals surface area contributed by atoms with Gasteiger partial charge in [-0.15, -0.1) is 0 Å². The minimum atomic E-state index is -1.16. The topological polar surface area (TPSA) is 106 Å². The third-order valence-electron chi connectivity index (χ3n) is 2.32. The molecule has 1 aromatic carbocycles. The molecule has 0 aliphatic rings. The van der Waals surface area contributed by atoms with Crippen molar-refractivity contribution < 1.29 is 14.8 Å². The van der Waals surface area contributed by atoms with Gasteiger partial charge in [-0.1, -0.05) is 0 Å². The van der Waals surface area contributed by atoms with E-state index in [1.54, 1.807) is 13.8 Å². The van der Waals surface area contributed by atoms with Crippen LogP contribution in [0.2, 0.25) is 0 Å². The van der Waals surface area contributed by atoms with E-state index in [1.807, 2.05) is 0 Å². The predicted molar refractivity (Wildman–Crippen MR) is 57.1 cm³/mol. The first-order valence-electron chi connectivity index (χ1n) is 4.58. The Hall–Kier alpha value is -1.95. The lowest BCUT2D eigenvalue weighted by atomic mass is 10.00. The molecule has 0 fully saturated rings. The maximum Gasteiger partial charge on any atom is 0.325 e. The van der Waals surface area contributed by atoms with Crippen LogP contribution < -0.4 is 5.73 Å². The van der Waals surface area contributed by atoms with Crippen molar-refractivity contribution in [3.63, 3.8) is 0 Å². The number of nitrogens with zero attached hydrogens (tertiary/aromatic N) is 1. The Morgan fingerprint density at radius 2 is 1.88 bits per heavy atom. The summed E-state index contributed by atoms with van der Waals surface area (Å²) in [5.41, 5.74) is 6.63. The van der Waals surface area contributed by atoms with Crippen LogP contribution in [0.3, 0.4) is 0 Å². The zero-order valence-electron chi connectivity index (χ0n) is 8.93. The van der Waals surface area contributed by atoms with Crippen LogP contribution in [0.5, 0.6) is 0 Å². The highest BCUT2D eigenvalue weighted by molar-refractivity contribution is 5.75. The summed E-state index contributed by atoms with van der Waals surface area (Å²) in [7, 11) is 0. The van der Waals surface area contributed by atoms with E-state index < -0.39 is 16.9 Å². The Morgan fingerprint density at radius 1 is 1.44 bits per heavy atom. The van der Waals surface area contributed by atoms with E-state index >= 15 is 0 Å². The Labute approximate surface area is 91.8 Å². The molecule has 1 rings (SSSR count). The van der Waals surface area contributed by atoms with Crippen molar-refractivity contribution in [3.05, 3.63) is 38.9 Å². The van der Waals surface area contributed by atoms with Crippen LogP contribution in [-0.4, -0.2) is 16.0 Å². The summed E-state index contributed by atoms with van der Waals surface area (Å²) in [6.45, 7) is 3.12. The molecular weight excluding hydrogens is 212 g/mol. The van der Waals surface area contributed by atoms with Crippen LogP contribution in [0.4, 0.5) is 5.69 Å². The Morgan fingerprint density at radius 3 is 2.19 bits per heavy atom. The minimum absolute atomic E-state index is 0.00124. The summed E-state index contributed by atoms with van der Waals surface area (Å²) in [6, 6.07) is 1.71. The first kappa shape index (κ1) is 12.1. The zero-order chi connectivity index (χ0) is 12.5. The maximum absolute atomic E-state index is 10.7. The highest BCUT2D eigenvalue weighted by Gasteiger charge is 2.20. The van der Waals surface area contributed by atoms with Gasteiger partial charge in [0.15, 0.2) is 0 Å². The summed E-state index contributed by atoms with van der Waals surface area (Å²) < 4.78 is 0. The molecule has 0 saturated heterocycles. The molecule has 6 heteroatoms. The fraction of sp³-hybridized carbons (Fsp3) is 0.300. The molecule has 0 radical (unpaired) electrons. The van der Waals surface area contributed by atoms with Crippen LogP contribution in [0.25, 0.3) is 0 Å². The smallest absolute Gasteiger partial charge is 0.325 e. The summed E-state index contributed by atoms with van der Waals surface area (Å²) >= 11 is 0. The molecule has 86 valence electrons. The quantitative estimate of drug-likeness (QED) is 0.594. The van der Waals surface area contributed by atoms with Gasteiger partial charge in [-0.3, -0.25) is 14.9 Å². The highest BCUT2D eigenvalue weighted by atomic mass is 16.6. The summed E-state index contributed by atoms with van der Waals surface area (Å²) in [6.07, 6.45) is 0. The standard InChI is InChI=1S/C10H12N2O4/c1-5-3-7(8(11)10(13)14)4-6(2)9(5)12(15)16/h3-4,8H,11H2,1-2H3,(H,13,14). The number of aliphatic carboxylic acids is 1. The average molecular weight is 224 g/mol. The lowest BCUT2D eigenvalue weighted by Gasteiger charge is -2.09. The van der Waals surface area contributed by atoms with E-state index in [-0.39, 0.29) is 5.69 Å². The number of carboxylic acid groups (broad SMARTS) is 1. The van der Waals surface area contributed by atoms with Gasteiger partial charge in [0.25, 0.3) is 5.69 Å². The lowest BCUT2D eigenvalue weighted by Crippen LogP contribution is -2.21. The normalized spacial score (nSPS) is 12.2. The fourth-order valence-electron chi connectivity index (χ4n) is 1.60. The van der Waals surface area contributed by atoms with Gasteiger partial charge in [0.1, 0.15) is 6.04 Å². The molecular formula is C10H12N2O4. The molecule has 6 nitrogen and oxygen atoms in total. The number of hydrogen-bond donors (Lipinski definition) is 2. The van der Waals surface area contributed by atoms with E-state index in [0.717, 1.165) is 0 Å². The van der Waals surface area contributed by atoms with E-state index in [9.17, 15) is 14.9 Å². The van der Waals surface area contributed by atoms with E-state index in [0.29, 0.717) is 16.7 Å². The number of carboxylic acids is 1. The number of aryl methyl sites for hydroxylation is 2. The van der Waals surface area contributed by atoms with Crippen LogP contribution in [0.15, 0.2) is 12.1 Å². The van der Waals surface area contributed by atoms with E-state index in [2.05, 4.69) is 0 Å². The summed E-state index contributed by atoms with van der Waals surface area (Å²) in [5.74, 6) is -1.16. The zero-order valence-corrected chi connectivity index (χ0v) is 8.93. The Bertz CT molecular complexity index is 433. The molecule has 16 heavy (non-hydrogen) atoms. The summed E-state index contributed by atoms with van der Waals surface area (Å²) in [4.78, 5) is 20.9. The first-order valence-corrected chi connectivity index (χ1v) is 4.58. The van der Waals surface area contributed by atoms with Crippen molar-refractivity contribution in [2.24, 2.45) is 5.73 Å². The predicted octanol–water partition coefficient (Wildman–Crippen LogP) is 1.30. The molecule has 0 spiro atoms. The van der Waals surface area contributed by atoms with Crippen LogP contribution in [-0.2, 0) is 4.79 Å². The maximum atomic E-state index is 10.7. The second-order valence-electron chi connectivity index (χ2n) is 3.58. The van der Waals surface area contributed by atoms with E-state index in [4.69, 9.17) is 10.8 Å². The van der Waals surface area contributed by atoms with Crippen LogP contribution in [0, 0.1) is 24.0 Å². The second kappa shape index (κ2) is 4.28. The van der Waals surface area contributed by atoms with Gasteiger partial charge in [-0.05, 0) is 31.5 Å². The molecule has 1 atom stereocenters. The fourth-order valence-corrected chi connectivity index (χ4v) is 1.60. The number of nitro benzene ring substituents is 1. The Kier molecular flexibility index (Phi) is 3.24. The average Bonchev–Trinajstić information content (AvgIpc) is 2.14. The molecule has 0 heterocycles. The van der Waals surface area contributed by atoms with Crippen molar-refractivity contribution >= 4 is 11.7 Å². The van der Waals surface area contributed by atoms with Crippen molar-refractivity contribution in [3.8, 4) is 0 Å². The second-order valence-corrected chi connectivity index (χ2v) is 3.58. The monoisotopic (exact) mass is 224 g/mol. The largest absolute Gasteiger partial charge is 0.480 e. The molecule has 0 aromatic heterocycles. The number of nitro groups is 1. The number of carbonyl (C=O) groups is 1. The highest BCUT2D eigenvalue weighted by Crippen LogP contribution is 2.26. The van der Waals surface area contributed by atoms with Gasteiger partial charge >= 0.3 is 5.97 Å². The molecule has 1 aromatic rings. The molecule has 0 amide bonds. The summed E-state index contributed by atoms with van der Waals surface area (Å²) in [5, 5.41) is 19.5. The first-order chi connectivity index (χ1) is 7.34. The molecule has 1 unspecified atom stereocenters. The third kappa shape index (κ3) is 2.17. The van der Waals surface area contributed by atoms with Crippen molar-refractivity contribution in [2.45, 2.75) is 19.9 Å². The molecule has 3 N–H and O–H groups in total. The molecule has 0 aliphatic heterocycles. The van der Waals surface area contributed by atoms with Crippen molar-refractivity contribution in [1.82, 2.24) is 0 Å². The lowest BCUT2D eigenvalue weighted by molar-refractivity contribution is -0.386. The van der Waals surface area contributed by atoms with Gasteiger partial charge in [0, 0.05) is 11.1 Å². The number of rotatable bonds is 3. The number of nitrogens with two attached hydrogens (primary N) is 1. The molecule has 0 bridgehead atoms. The van der Waals surface area contributed by atoms with E-state index in [1.165, 1.54) is 12.1 Å². The number of benzene rings is 1. The van der Waals surface area contributed by atoms with Crippen LogP contribution in [0.1, 0.15) is 22.7 Å². The Balaban J connectivity index is 3.30. The molecule has 0 aliphatic carbocycles.